The summed E-state index contributed by atoms with van der Waals surface area (Å²) in [6, 6.07) is 4.35. The number of aromatic nitrogens is 1. The van der Waals surface area contributed by atoms with Gasteiger partial charge in [0, 0.05) is 15.2 Å². The first-order chi connectivity index (χ1) is 5.70. The topological polar surface area (TPSA) is 15.8 Å². The van der Waals surface area contributed by atoms with Crippen molar-refractivity contribution in [2.45, 2.75) is 13.8 Å². The molecular weight excluding hydrogens is 261 g/mol. The van der Waals surface area contributed by atoms with E-state index in [4.69, 9.17) is 0 Å². The summed E-state index contributed by atoms with van der Waals surface area (Å²) < 4.78 is 1.33. The van der Waals surface area contributed by atoms with Gasteiger partial charge in [0.25, 0.3) is 0 Å². The Balaban J connectivity index is 2.93. The average molecular weight is 271 g/mol. The fraction of sp³-hybridized carbons (Fsp3) is 0.200. The molecule has 0 aliphatic rings. The predicted molar refractivity (Wildman–Crippen MR) is 60.5 cm³/mol. The second-order valence-electron chi connectivity index (χ2n) is 3.09. The molecule has 0 spiro atoms. The van der Waals surface area contributed by atoms with Gasteiger partial charge in [0.15, 0.2) is 0 Å². The molecule has 2 heteroatoms. The molecule has 2 rings (SSSR count). The maximum atomic E-state index is 3.29. The van der Waals surface area contributed by atoms with Crippen LogP contribution in [0.25, 0.3) is 10.9 Å². The van der Waals surface area contributed by atoms with E-state index in [9.17, 15) is 0 Å². The summed E-state index contributed by atoms with van der Waals surface area (Å²) in [6.45, 7) is 4.27. The second kappa shape index (κ2) is 2.76. The minimum atomic E-state index is 1.27. The quantitative estimate of drug-likeness (QED) is 0.707. The summed E-state index contributed by atoms with van der Waals surface area (Å²) in [5.41, 5.74) is 3.93. The molecule has 1 aromatic heterocycles. The second-order valence-corrected chi connectivity index (χ2v) is 4.17. The smallest absolute Gasteiger partial charge is 0.0595 e. The molecule has 1 aromatic carbocycles. The third-order valence-electron chi connectivity index (χ3n) is 2.19. The maximum Gasteiger partial charge on any atom is 0.0595 e. The van der Waals surface area contributed by atoms with Gasteiger partial charge in [-0.3, -0.25) is 0 Å². The Morgan fingerprint density at radius 2 is 1.92 bits per heavy atom. The molecule has 62 valence electrons. The van der Waals surface area contributed by atoms with Gasteiger partial charge in [-0.1, -0.05) is 12.1 Å². The zero-order valence-corrected chi connectivity index (χ0v) is 9.27. The predicted octanol–water partition coefficient (Wildman–Crippen LogP) is 3.39. The molecule has 0 bridgehead atoms. The van der Waals surface area contributed by atoms with Crippen molar-refractivity contribution in [1.29, 1.82) is 0 Å². The van der Waals surface area contributed by atoms with E-state index in [0.29, 0.717) is 0 Å². The molecule has 0 amide bonds. The standard InChI is InChI=1S/C10H10IN/c1-6-3-4-8-7(2)5-12-10(8)9(6)11/h3-5,12H,1-2H3. The molecular formula is C10H10IN. The van der Waals surface area contributed by atoms with Gasteiger partial charge in [-0.15, -0.1) is 0 Å². The van der Waals surface area contributed by atoms with E-state index in [1.54, 1.807) is 0 Å². The van der Waals surface area contributed by atoms with Crippen molar-refractivity contribution in [2.24, 2.45) is 0 Å². The van der Waals surface area contributed by atoms with Crippen LogP contribution in [-0.2, 0) is 0 Å². The van der Waals surface area contributed by atoms with Crippen molar-refractivity contribution >= 4 is 33.5 Å². The molecule has 2 aromatic rings. The van der Waals surface area contributed by atoms with E-state index in [1.807, 2.05) is 0 Å². The van der Waals surface area contributed by atoms with Crippen LogP contribution in [0.2, 0.25) is 0 Å². The van der Waals surface area contributed by atoms with Crippen LogP contribution in [0, 0.1) is 17.4 Å². The number of aromatic amines is 1. The highest BCUT2D eigenvalue weighted by atomic mass is 127. The first-order valence-corrected chi connectivity index (χ1v) is 5.01. The van der Waals surface area contributed by atoms with Crippen LogP contribution in [0.5, 0.6) is 0 Å². The van der Waals surface area contributed by atoms with Crippen LogP contribution in [-0.4, -0.2) is 4.98 Å². The molecule has 0 fully saturated rings. The van der Waals surface area contributed by atoms with Gasteiger partial charge in [0.2, 0.25) is 0 Å². The number of aryl methyl sites for hydroxylation is 2. The fourth-order valence-corrected chi connectivity index (χ4v) is 2.03. The molecule has 12 heavy (non-hydrogen) atoms. The zero-order valence-electron chi connectivity index (χ0n) is 7.11. The first-order valence-electron chi connectivity index (χ1n) is 3.93. The molecule has 1 nitrogen and oxygen atoms in total. The molecule has 0 radical (unpaired) electrons. The van der Waals surface area contributed by atoms with Crippen LogP contribution in [0.15, 0.2) is 18.3 Å². The van der Waals surface area contributed by atoms with Crippen LogP contribution in [0.4, 0.5) is 0 Å². The summed E-state index contributed by atoms with van der Waals surface area (Å²) in [6.07, 6.45) is 2.06. The number of hydrogen-bond acceptors (Lipinski definition) is 0. The number of hydrogen-bond donors (Lipinski definition) is 1. The Bertz CT molecular complexity index is 429. The van der Waals surface area contributed by atoms with E-state index in [-0.39, 0.29) is 0 Å². The lowest BCUT2D eigenvalue weighted by Crippen LogP contribution is -1.81. The minimum Gasteiger partial charge on any atom is -0.360 e. The van der Waals surface area contributed by atoms with Crippen molar-refractivity contribution in [3.63, 3.8) is 0 Å². The number of H-pyrrole nitrogens is 1. The molecule has 0 saturated heterocycles. The van der Waals surface area contributed by atoms with Gasteiger partial charge in [0.05, 0.1) is 5.52 Å². The number of nitrogens with one attached hydrogen (secondary N) is 1. The zero-order chi connectivity index (χ0) is 8.72. The SMILES string of the molecule is Cc1ccc2c(C)c[nH]c2c1I. The van der Waals surface area contributed by atoms with E-state index in [0.717, 1.165) is 0 Å². The summed E-state index contributed by atoms with van der Waals surface area (Å²) >= 11 is 2.38. The first kappa shape index (κ1) is 8.10. The average Bonchev–Trinajstić information content (AvgIpc) is 2.41. The van der Waals surface area contributed by atoms with Gasteiger partial charge < -0.3 is 4.98 Å². The normalized spacial score (nSPS) is 10.9. The van der Waals surface area contributed by atoms with Crippen molar-refractivity contribution < 1.29 is 0 Å². The number of benzene rings is 1. The number of fused-ring (bicyclic) bond motifs is 1. The van der Waals surface area contributed by atoms with E-state index in [1.165, 1.54) is 25.6 Å². The fourth-order valence-electron chi connectivity index (χ4n) is 1.41. The lowest BCUT2D eigenvalue weighted by Gasteiger charge is -1.99. The Labute approximate surface area is 85.3 Å². The largest absolute Gasteiger partial charge is 0.360 e. The molecule has 0 saturated carbocycles. The molecule has 0 atom stereocenters. The molecule has 0 aliphatic heterocycles. The summed E-state index contributed by atoms with van der Waals surface area (Å²) in [4.78, 5) is 3.29. The van der Waals surface area contributed by atoms with Gasteiger partial charge >= 0.3 is 0 Å². The highest BCUT2D eigenvalue weighted by molar-refractivity contribution is 14.1. The number of rotatable bonds is 0. The van der Waals surface area contributed by atoms with Crippen molar-refractivity contribution in [3.8, 4) is 0 Å². The monoisotopic (exact) mass is 271 g/mol. The lowest BCUT2D eigenvalue weighted by atomic mass is 10.1. The van der Waals surface area contributed by atoms with Crippen LogP contribution in [0.3, 0.4) is 0 Å². The molecule has 0 aliphatic carbocycles. The molecule has 1 N–H and O–H groups in total. The highest BCUT2D eigenvalue weighted by Gasteiger charge is 2.04. The van der Waals surface area contributed by atoms with E-state index in [2.05, 4.69) is 59.8 Å². The molecule has 1 heterocycles. The third-order valence-corrected chi connectivity index (χ3v) is 3.58. The van der Waals surface area contributed by atoms with Crippen molar-refractivity contribution in [3.05, 3.63) is 33.0 Å². The van der Waals surface area contributed by atoms with E-state index >= 15 is 0 Å². The Morgan fingerprint density at radius 1 is 1.17 bits per heavy atom. The van der Waals surface area contributed by atoms with Crippen LogP contribution in [0.1, 0.15) is 11.1 Å². The Morgan fingerprint density at radius 3 is 2.67 bits per heavy atom. The third kappa shape index (κ3) is 1.05. The van der Waals surface area contributed by atoms with Crippen LogP contribution < -0.4 is 0 Å². The minimum absolute atomic E-state index is 1.27. The Hall–Kier alpha value is -0.510. The number of halogens is 1. The van der Waals surface area contributed by atoms with Gasteiger partial charge in [-0.2, -0.15) is 0 Å². The molecule has 0 unspecified atom stereocenters. The Kier molecular flexibility index (Phi) is 1.87. The van der Waals surface area contributed by atoms with Crippen molar-refractivity contribution in [2.75, 3.05) is 0 Å². The van der Waals surface area contributed by atoms with Gasteiger partial charge in [-0.25, -0.2) is 0 Å². The highest BCUT2D eigenvalue weighted by Crippen LogP contribution is 2.24. The van der Waals surface area contributed by atoms with E-state index < -0.39 is 0 Å². The van der Waals surface area contributed by atoms with Gasteiger partial charge in [0.1, 0.15) is 0 Å². The summed E-state index contributed by atoms with van der Waals surface area (Å²) in [7, 11) is 0. The summed E-state index contributed by atoms with van der Waals surface area (Å²) in [5.74, 6) is 0. The van der Waals surface area contributed by atoms with Crippen molar-refractivity contribution in [1.82, 2.24) is 4.98 Å². The lowest BCUT2D eigenvalue weighted by molar-refractivity contribution is 1.40. The van der Waals surface area contributed by atoms with Crippen LogP contribution >= 0.6 is 22.6 Å². The summed E-state index contributed by atoms with van der Waals surface area (Å²) in [5, 5.41) is 1.34. The maximum absolute atomic E-state index is 3.29. The van der Waals surface area contributed by atoms with Gasteiger partial charge in [-0.05, 0) is 47.6 Å².